The van der Waals surface area contributed by atoms with Crippen LogP contribution in [0.1, 0.15) is 17.6 Å². The average Bonchev–Trinajstić information content (AvgIpc) is 3.10. The monoisotopic (exact) mass is 401 g/mol. The van der Waals surface area contributed by atoms with E-state index in [9.17, 15) is 17.2 Å². The fraction of sp³-hybridized carbons (Fsp3) is 0.471. The Morgan fingerprint density at radius 2 is 1.88 bits per heavy atom. The molecule has 142 valence electrons. The summed E-state index contributed by atoms with van der Waals surface area (Å²) in [6.07, 6.45) is 0.924. The van der Waals surface area contributed by atoms with Gasteiger partial charge in [0.05, 0.1) is 21.3 Å². The molecule has 0 unspecified atom stereocenters. The molecule has 0 radical (unpaired) electrons. The van der Waals surface area contributed by atoms with Crippen molar-refractivity contribution in [2.75, 3.05) is 31.1 Å². The van der Waals surface area contributed by atoms with Crippen LogP contribution < -0.4 is 4.90 Å². The molecule has 3 rings (SSSR count). The van der Waals surface area contributed by atoms with Gasteiger partial charge in [0.2, 0.25) is 9.84 Å². The summed E-state index contributed by atoms with van der Waals surface area (Å²) in [7, 11) is -4.62. The topological polar surface area (TPSA) is 53.5 Å². The van der Waals surface area contributed by atoms with Gasteiger partial charge in [0, 0.05) is 38.1 Å². The minimum Gasteiger partial charge on any atom is -0.368 e. The molecule has 1 aliphatic rings. The minimum atomic E-state index is -4.62. The van der Waals surface area contributed by atoms with Crippen LogP contribution in [0, 0.1) is 0 Å². The number of benzene rings is 1. The molecule has 2 heterocycles. The fourth-order valence-electron chi connectivity index (χ4n) is 3.01. The number of hydrogen-bond donors (Lipinski definition) is 0. The Hall–Kier alpha value is -1.58. The first kappa shape index (κ1) is 19.2. The van der Waals surface area contributed by atoms with Crippen molar-refractivity contribution in [3.8, 4) is 0 Å². The lowest BCUT2D eigenvalue weighted by atomic mass is 10.2. The zero-order valence-corrected chi connectivity index (χ0v) is 16.1. The molecule has 0 bridgehead atoms. The molecule has 0 N–H and O–H groups in total. The van der Waals surface area contributed by atoms with E-state index < -0.39 is 15.6 Å². The molecule has 0 amide bonds. The first-order valence-electron chi connectivity index (χ1n) is 8.43. The number of aryl methyl sites for hydroxylation is 1. The van der Waals surface area contributed by atoms with E-state index in [1.54, 1.807) is 23.5 Å². The highest BCUT2D eigenvalue weighted by Gasteiger charge is 2.31. The van der Waals surface area contributed by atoms with E-state index in [0.717, 1.165) is 36.8 Å². The van der Waals surface area contributed by atoms with Crippen LogP contribution in [0.3, 0.4) is 0 Å². The Morgan fingerprint density at radius 1 is 1.19 bits per heavy atom. The van der Waals surface area contributed by atoms with E-state index >= 15 is 0 Å². The van der Waals surface area contributed by atoms with Crippen molar-refractivity contribution >= 4 is 26.9 Å². The number of alkyl halides is 2. The van der Waals surface area contributed by atoms with E-state index in [2.05, 4.69) is 22.2 Å². The molecule has 1 aromatic heterocycles. The van der Waals surface area contributed by atoms with Crippen LogP contribution in [0.25, 0.3) is 0 Å². The van der Waals surface area contributed by atoms with Gasteiger partial charge in [0.25, 0.3) is 0 Å². The summed E-state index contributed by atoms with van der Waals surface area (Å²) in [5.41, 5.74) is 1.40. The van der Waals surface area contributed by atoms with Crippen molar-refractivity contribution in [3.63, 3.8) is 0 Å². The zero-order valence-electron chi connectivity index (χ0n) is 14.4. The lowest BCUT2D eigenvalue weighted by Gasteiger charge is -2.36. The van der Waals surface area contributed by atoms with Crippen LogP contribution in [0.15, 0.2) is 34.5 Å². The Morgan fingerprint density at radius 3 is 2.50 bits per heavy atom. The van der Waals surface area contributed by atoms with Crippen molar-refractivity contribution in [3.05, 3.63) is 40.3 Å². The van der Waals surface area contributed by atoms with Crippen LogP contribution >= 0.6 is 11.3 Å². The molecular weight excluding hydrogens is 380 g/mol. The maximum atomic E-state index is 13.0. The number of halogens is 2. The summed E-state index contributed by atoms with van der Waals surface area (Å²) >= 11 is 1.66. The first-order chi connectivity index (χ1) is 12.4. The second kappa shape index (κ2) is 7.98. The molecule has 0 saturated carbocycles. The van der Waals surface area contributed by atoms with Crippen LogP contribution in [0.4, 0.5) is 14.5 Å². The second-order valence-electron chi connectivity index (χ2n) is 6.12. The van der Waals surface area contributed by atoms with Gasteiger partial charge in [-0.05, 0) is 18.6 Å². The van der Waals surface area contributed by atoms with Gasteiger partial charge in [-0.1, -0.05) is 19.1 Å². The van der Waals surface area contributed by atoms with Crippen molar-refractivity contribution < 1.29 is 17.2 Å². The number of thiazole rings is 1. The smallest absolute Gasteiger partial charge is 0.341 e. The van der Waals surface area contributed by atoms with Gasteiger partial charge in [-0.3, -0.25) is 4.90 Å². The predicted octanol–water partition coefficient (Wildman–Crippen LogP) is 3.02. The number of para-hydroxylation sites is 1. The zero-order chi connectivity index (χ0) is 18.7. The summed E-state index contributed by atoms with van der Waals surface area (Å²) in [5, 5.41) is 3.18. The van der Waals surface area contributed by atoms with Gasteiger partial charge < -0.3 is 4.90 Å². The van der Waals surface area contributed by atoms with Crippen LogP contribution in [-0.4, -0.2) is 50.2 Å². The summed E-state index contributed by atoms with van der Waals surface area (Å²) in [6, 6.07) is 6.00. The van der Waals surface area contributed by atoms with Gasteiger partial charge in [0.15, 0.2) is 0 Å². The third-order valence-electron chi connectivity index (χ3n) is 4.41. The van der Waals surface area contributed by atoms with Crippen molar-refractivity contribution in [2.24, 2.45) is 0 Å². The number of hydrogen-bond acceptors (Lipinski definition) is 6. The Balaban J connectivity index is 1.69. The molecule has 1 fully saturated rings. The number of rotatable bonds is 6. The normalized spacial score (nSPS) is 16.4. The van der Waals surface area contributed by atoms with E-state index in [0.29, 0.717) is 18.8 Å². The second-order valence-corrected chi connectivity index (χ2v) is 8.95. The van der Waals surface area contributed by atoms with Gasteiger partial charge in [-0.15, -0.1) is 11.3 Å². The van der Waals surface area contributed by atoms with Crippen molar-refractivity contribution in [1.29, 1.82) is 0 Å². The predicted molar refractivity (Wildman–Crippen MR) is 98.6 cm³/mol. The van der Waals surface area contributed by atoms with E-state index in [1.807, 2.05) is 4.90 Å². The quantitative estimate of drug-likeness (QED) is 0.745. The molecule has 2 aromatic rings. The van der Waals surface area contributed by atoms with E-state index in [4.69, 9.17) is 0 Å². The third kappa shape index (κ3) is 4.05. The van der Waals surface area contributed by atoms with Crippen LogP contribution in [-0.2, 0) is 22.8 Å². The van der Waals surface area contributed by atoms with Gasteiger partial charge in [-0.25, -0.2) is 13.4 Å². The maximum Gasteiger partial charge on any atom is 0.341 e. The van der Waals surface area contributed by atoms with Gasteiger partial charge >= 0.3 is 5.76 Å². The van der Waals surface area contributed by atoms with E-state index in [-0.39, 0.29) is 4.90 Å². The number of aromatic nitrogens is 1. The molecule has 5 nitrogen and oxygen atoms in total. The Labute approximate surface area is 156 Å². The first-order valence-corrected chi connectivity index (χ1v) is 10.9. The summed E-state index contributed by atoms with van der Waals surface area (Å²) < 4.78 is 49.8. The van der Waals surface area contributed by atoms with Gasteiger partial charge in [0.1, 0.15) is 0 Å². The highest BCUT2D eigenvalue weighted by atomic mass is 32.2. The molecule has 9 heteroatoms. The number of piperazine rings is 1. The summed E-state index contributed by atoms with van der Waals surface area (Å²) in [4.78, 5) is 8.38. The standard InChI is InChI=1S/C17H21F2N3O2S2/c1-2-16-20-13(12-25-16)11-21-7-9-22(10-8-21)14-5-3-4-6-15(14)26(23,24)17(18)19/h3-6,12,17H,2,7-11H2,1H3. The molecule has 0 spiro atoms. The number of nitrogens with zero attached hydrogens (tertiary/aromatic N) is 3. The highest BCUT2D eigenvalue weighted by molar-refractivity contribution is 7.91. The van der Waals surface area contributed by atoms with Crippen molar-refractivity contribution in [2.45, 2.75) is 30.5 Å². The molecule has 1 aromatic carbocycles. The largest absolute Gasteiger partial charge is 0.368 e. The number of anilines is 1. The maximum absolute atomic E-state index is 13.0. The molecular formula is C17H21F2N3O2S2. The molecule has 26 heavy (non-hydrogen) atoms. The van der Waals surface area contributed by atoms with Crippen LogP contribution in [0.5, 0.6) is 0 Å². The van der Waals surface area contributed by atoms with E-state index in [1.165, 1.54) is 12.1 Å². The Kier molecular flexibility index (Phi) is 5.89. The molecule has 0 aliphatic carbocycles. The highest BCUT2D eigenvalue weighted by Crippen LogP contribution is 2.30. The Bertz CT molecular complexity index is 847. The lowest BCUT2D eigenvalue weighted by molar-refractivity contribution is 0.234. The molecule has 1 aliphatic heterocycles. The van der Waals surface area contributed by atoms with Crippen LogP contribution in [0.2, 0.25) is 0 Å². The van der Waals surface area contributed by atoms with Crippen molar-refractivity contribution in [1.82, 2.24) is 9.88 Å². The SMILES string of the molecule is CCc1nc(CN2CCN(c3ccccc3S(=O)(=O)C(F)F)CC2)cs1. The molecule has 0 atom stereocenters. The average molecular weight is 402 g/mol. The summed E-state index contributed by atoms with van der Waals surface area (Å²) in [6.45, 7) is 5.44. The minimum absolute atomic E-state index is 0.296. The number of sulfone groups is 1. The fourth-order valence-corrected chi connectivity index (χ4v) is 4.70. The summed E-state index contributed by atoms with van der Waals surface area (Å²) in [5.74, 6) is -3.41. The lowest BCUT2D eigenvalue weighted by Crippen LogP contribution is -2.46. The molecule has 1 saturated heterocycles. The third-order valence-corrected chi connectivity index (χ3v) is 6.88. The van der Waals surface area contributed by atoms with Gasteiger partial charge in [-0.2, -0.15) is 8.78 Å².